The monoisotopic (exact) mass is 209 g/mol. The number of hydrogen-bond donors (Lipinski definition) is 1. The molecule has 0 saturated heterocycles. The molecule has 0 fully saturated rings. The van der Waals surface area contributed by atoms with E-state index in [1.807, 2.05) is 6.92 Å². The lowest BCUT2D eigenvalue weighted by Crippen LogP contribution is -1.99. The second-order valence-corrected chi connectivity index (χ2v) is 4.48. The zero-order valence-electron chi connectivity index (χ0n) is 7.82. The highest BCUT2D eigenvalue weighted by atomic mass is 32.2. The van der Waals surface area contributed by atoms with Crippen LogP contribution in [0.1, 0.15) is 5.56 Å². The molecule has 1 aromatic carbocycles. The Hall–Kier alpha value is -1.31. The van der Waals surface area contributed by atoms with E-state index in [2.05, 4.69) is 11.2 Å². The summed E-state index contributed by atoms with van der Waals surface area (Å²) in [5.74, 6) is 2.34. The van der Waals surface area contributed by atoms with Gasteiger partial charge in [0.15, 0.2) is 0 Å². The summed E-state index contributed by atoms with van der Waals surface area (Å²) in [6.07, 6.45) is 0. The molecule has 0 aliphatic heterocycles. The molecule has 3 nitrogen and oxygen atoms in total. The van der Waals surface area contributed by atoms with Crippen molar-refractivity contribution in [3.05, 3.63) is 29.8 Å². The Kier molecular flexibility index (Phi) is 3.28. The smallest absolute Gasteiger partial charge is 0.245 e. The summed E-state index contributed by atoms with van der Waals surface area (Å²) in [7, 11) is -3.48. The Morgan fingerprint density at radius 1 is 1.29 bits per heavy atom. The summed E-state index contributed by atoms with van der Waals surface area (Å²) in [4.78, 5) is 0.212. The van der Waals surface area contributed by atoms with Gasteiger partial charge in [-0.1, -0.05) is 23.6 Å². The molecule has 0 spiro atoms. The number of aryl methyl sites for hydroxylation is 1. The van der Waals surface area contributed by atoms with Gasteiger partial charge in [-0.25, -0.2) is 8.42 Å². The number of rotatable bonds is 1. The molecule has 0 bridgehead atoms. The summed E-state index contributed by atoms with van der Waals surface area (Å²) in [5.41, 5.74) is 6.11. The summed E-state index contributed by atoms with van der Waals surface area (Å²) in [5, 5.41) is 2.14. The molecule has 2 N–H and O–H groups in total. The number of nitrogens with two attached hydrogens (primary N) is 1. The van der Waals surface area contributed by atoms with Crippen molar-refractivity contribution in [2.75, 3.05) is 6.54 Å². The first-order chi connectivity index (χ1) is 6.56. The van der Waals surface area contributed by atoms with Crippen LogP contribution in [0.2, 0.25) is 0 Å². The van der Waals surface area contributed by atoms with Crippen molar-refractivity contribution in [2.24, 2.45) is 5.73 Å². The zero-order chi connectivity index (χ0) is 10.6. The van der Waals surface area contributed by atoms with Crippen LogP contribution in [0, 0.1) is 18.1 Å². The molecule has 0 unspecified atom stereocenters. The van der Waals surface area contributed by atoms with Crippen LogP contribution in [0.15, 0.2) is 29.2 Å². The van der Waals surface area contributed by atoms with Gasteiger partial charge in [0.2, 0.25) is 9.84 Å². The first-order valence-corrected chi connectivity index (χ1v) is 5.56. The Morgan fingerprint density at radius 3 is 2.36 bits per heavy atom. The van der Waals surface area contributed by atoms with Gasteiger partial charge in [0.1, 0.15) is 0 Å². The van der Waals surface area contributed by atoms with E-state index in [9.17, 15) is 8.42 Å². The minimum Gasteiger partial charge on any atom is -0.320 e. The third-order valence-corrected chi connectivity index (χ3v) is 2.95. The first kappa shape index (κ1) is 10.8. The van der Waals surface area contributed by atoms with Crippen molar-refractivity contribution in [1.29, 1.82) is 0 Å². The summed E-state index contributed by atoms with van der Waals surface area (Å²) in [6, 6.07) is 6.54. The highest BCUT2D eigenvalue weighted by Gasteiger charge is 2.08. The highest BCUT2D eigenvalue weighted by molar-refractivity contribution is 7.96. The molecule has 14 heavy (non-hydrogen) atoms. The lowest BCUT2D eigenvalue weighted by atomic mass is 10.2. The van der Waals surface area contributed by atoms with E-state index < -0.39 is 9.84 Å². The van der Waals surface area contributed by atoms with Gasteiger partial charge in [0.25, 0.3) is 0 Å². The molecule has 0 radical (unpaired) electrons. The minimum atomic E-state index is -3.48. The van der Waals surface area contributed by atoms with Crippen molar-refractivity contribution in [2.45, 2.75) is 11.8 Å². The molecular weight excluding hydrogens is 198 g/mol. The van der Waals surface area contributed by atoms with E-state index in [4.69, 9.17) is 5.73 Å². The van der Waals surface area contributed by atoms with Crippen molar-refractivity contribution in [3.63, 3.8) is 0 Å². The average Bonchev–Trinajstić information content (AvgIpc) is 2.16. The van der Waals surface area contributed by atoms with Gasteiger partial charge >= 0.3 is 0 Å². The van der Waals surface area contributed by atoms with Crippen LogP contribution in [0.25, 0.3) is 0 Å². The third-order valence-electron chi connectivity index (χ3n) is 1.64. The Bertz CT molecular complexity index is 463. The average molecular weight is 209 g/mol. The molecule has 1 aromatic rings. The standard InChI is InChI=1S/C10H11NO2S/c1-9-3-5-10(6-4-9)14(12,13)8-2-7-11/h3-6H,7,11H2,1H3. The lowest BCUT2D eigenvalue weighted by molar-refractivity contribution is 0.606. The van der Waals surface area contributed by atoms with Crippen molar-refractivity contribution in [1.82, 2.24) is 0 Å². The van der Waals surface area contributed by atoms with E-state index in [0.29, 0.717) is 0 Å². The van der Waals surface area contributed by atoms with Crippen LogP contribution >= 0.6 is 0 Å². The summed E-state index contributed by atoms with van der Waals surface area (Å²) < 4.78 is 22.9. The van der Waals surface area contributed by atoms with Crippen LogP contribution in [-0.2, 0) is 9.84 Å². The van der Waals surface area contributed by atoms with Gasteiger partial charge in [0, 0.05) is 5.25 Å². The van der Waals surface area contributed by atoms with E-state index in [1.165, 1.54) is 12.1 Å². The molecule has 0 heterocycles. The molecular formula is C10H11NO2S. The van der Waals surface area contributed by atoms with Crippen LogP contribution < -0.4 is 5.73 Å². The Morgan fingerprint density at radius 2 is 1.86 bits per heavy atom. The second kappa shape index (κ2) is 4.27. The molecule has 74 valence electrons. The number of benzene rings is 1. The quantitative estimate of drug-likeness (QED) is 0.547. The minimum absolute atomic E-state index is 0.0467. The maximum atomic E-state index is 11.5. The maximum absolute atomic E-state index is 11.5. The molecule has 0 aliphatic rings. The van der Waals surface area contributed by atoms with Crippen LogP contribution in [-0.4, -0.2) is 15.0 Å². The Labute approximate surface area is 83.9 Å². The molecule has 0 saturated carbocycles. The largest absolute Gasteiger partial charge is 0.320 e. The van der Waals surface area contributed by atoms with E-state index >= 15 is 0 Å². The van der Waals surface area contributed by atoms with Crippen molar-refractivity contribution in [3.8, 4) is 11.2 Å². The van der Waals surface area contributed by atoms with Crippen LogP contribution in [0.4, 0.5) is 0 Å². The van der Waals surface area contributed by atoms with E-state index in [1.54, 1.807) is 12.1 Å². The predicted molar refractivity (Wildman–Crippen MR) is 55.2 cm³/mol. The van der Waals surface area contributed by atoms with Crippen LogP contribution in [0.3, 0.4) is 0 Å². The number of hydrogen-bond acceptors (Lipinski definition) is 3. The van der Waals surface area contributed by atoms with Gasteiger partial charge in [-0.3, -0.25) is 0 Å². The molecule has 1 rings (SSSR count). The predicted octanol–water partition coefficient (Wildman–Crippen LogP) is 0.688. The van der Waals surface area contributed by atoms with E-state index in [0.717, 1.165) is 5.56 Å². The fourth-order valence-electron chi connectivity index (χ4n) is 0.913. The molecule has 0 aromatic heterocycles. The van der Waals surface area contributed by atoms with Crippen molar-refractivity contribution >= 4 is 9.84 Å². The fraction of sp³-hybridized carbons (Fsp3) is 0.200. The summed E-state index contributed by atoms with van der Waals surface area (Å²) in [6.45, 7) is 1.94. The fourth-order valence-corrected chi connectivity index (χ4v) is 1.80. The molecule has 4 heteroatoms. The first-order valence-electron chi connectivity index (χ1n) is 4.07. The van der Waals surface area contributed by atoms with Gasteiger partial charge in [-0.15, -0.1) is 0 Å². The molecule has 0 amide bonds. The molecule has 0 aliphatic carbocycles. The van der Waals surface area contributed by atoms with Gasteiger partial charge in [-0.05, 0) is 19.1 Å². The van der Waals surface area contributed by atoms with Crippen LogP contribution in [0.5, 0.6) is 0 Å². The maximum Gasteiger partial charge on any atom is 0.245 e. The normalized spacial score (nSPS) is 10.4. The highest BCUT2D eigenvalue weighted by Crippen LogP contribution is 2.10. The van der Waals surface area contributed by atoms with Gasteiger partial charge < -0.3 is 5.73 Å². The van der Waals surface area contributed by atoms with Crippen molar-refractivity contribution < 1.29 is 8.42 Å². The van der Waals surface area contributed by atoms with E-state index in [-0.39, 0.29) is 11.4 Å². The second-order valence-electron chi connectivity index (χ2n) is 2.80. The lowest BCUT2D eigenvalue weighted by Gasteiger charge is -1.96. The SMILES string of the molecule is Cc1ccc(S(=O)(=O)C#CCN)cc1. The number of sulfone groups is 1. The molecule has 0 atom stereocenters. The topological polar surface area (TPSA) is 60.2 Å². The zero-order valence-corrected chi connectivity index (χ0v) is 8.64. The Balaban J connectivity index is 3.11. The van der Waals surface area contributed by atoms with Gasteiger partial charge in [-0.2, -0.15) is 0 Å². The van der Waals surface area contributed by atoms with Gasteiger partial charge in [0.05, 0.1) is 11.4 Å². The summed E-state index contributed by atoms with van der Waals surface area (Å²) >= 11 is 0. The third kappa shape index (κ3) is 2.59.